The molecule has 5 nitrogen and oxygen atoms in total. The molecule has 2 amide bonds. The quantitative estimate of drug-likeness (QED) is 0.698. The first kappa shape index (κ1) is 17.9. The van der Waals surface area contributed by atoms with Crippen molar-refractivity contribution in [2.24, 2.45) is 0 Å². The topological polar surface area (TPSA) is 74.2 Å². The van der Waals surface area contributed by atoms with Gasteiger partial charge in [0.15, 0.2) is 0 Å². The van der Waals surface area contributed by atoms with E-state index < -0.39 is 0 Å². The van der Waals surface area contributed by atoms with Crippen molar-refractivity contribution >= 4 is 6.03 Å². The second-order valence-electron chi connectivity index (χ2n) is 5.79. The Morgan fingerprint density at radius 3 is 2.67 bits per heavy atom. The number of nitrogens with one attached hydrogen (secondary N) is 2. The maximum Gasteiger partial charge on any atom is 0.315 e. The zero-order valence-corrected chi connectivity index (χ0v) is 14.0. The number of hydrogen-bond donors (Lipinski definition) is 3. The minimum absolute atomic E-state index is 0.0978. The van der Waals surface area contributed by atoms with Crippen LogP contribution >= 0.6 is 0 Å². The molecule has 2 rings (SSSR count). The van der Waals surface area contributed by atoms with E-state index in [1.165, 1.54) is 0 Å². The van der Waals surface area contributed by atoms with Crippen molar-refractivity contribution in [2.45, 2.75) is 32.2 Å². The largest absolute Gasteiger partial charge is 0.396 e. The van der Waals surface area contributed by atoms with Crippen LogP contribution < -0.4 is 10.6 Å². The summed E-state index contributed by atoms with van der Waals surface area (Å²) in [5.74, 6) is 0. The zero-order valence-electron chi connectivity index (χ0n) is 14.0. The van der Waals surface area contributed by atoms with Crippen LogP contribution in [0.2, 0.25) is 0 Å². The molecule has 5 heteroatoms. The third kappa shape index (κ3) is 6.01. The Kier molecular flexibility index (Phi) is 7.23. The van der Waals surface area contributed by atoms with Gasteiger partial charge in [-0.3, -0.25) is 4.98 Å². The smallest absolute Gasteiger partial charge is 0.315 e. The zero-order chi connectivity index (χ0) is 17.2. The summed E-state index contributed by atoms with van der Waals surface area (Å²) < 4.78 is 0. The van der Waals surface area contributed by atoms with Crippen molar-refractivity contribution in [3.05, 3.63) is 65.5 Å². The van der Waals surface area contributed by atoms with E-state index in [2.05, 4.69) is 15.6 Å². The number of pyridine rings is 1. The van der Waals surface area contributed by atoms with Gasteiger partial charge in [-0.25, -0.2) is 4.79 Å². The van der Waals surface area contributed by atoms with E-state index in [0.717, 1.165) is 23.2 Å². The fraction of sp³-hybridized carbons (Fsp3) is 0.368. The van der Waals surface area contributed by atoms with Crippen LogP contribution in [0.5, 0.6) is 0 Å². The van der Waals surface area contributed by atoms with E-state index in [1.54, 1.807) is 0 Å². The number of rotatable bonds is 8. The summed E-state index contributed by atoms with van der Waals surface area (Å²) in [5.41, 5.74) is 3.13. The van der Waals surface area contributed by atoms with E-state index in [9.17, 15) is 4.79 Å². The van der Waals surface area contributed by atoms with Crippen molar-refractivity contribution in [2.75, 3.05) is 13.2 Å². The molecule has 0 bridgehead atoms. The number of benzene rings is 1. The Morgan fingerprint density at radius 2 is 2.00 bits per heavy atom. The van der Waals surface area contributed by atoms with Gasteiger partial charge in [-0.05, 0) is 43.4 Å². The fourth-order valence-corrected chi connectivity index (χ4v) is 2.48. The van der Waals surface area contributed by atoms with E-state index in [1.807, 2.05) is 55.6 Å². The van der Waals surface area contributed by atoms with Crippen LogP contribution in [0.3, 0.4) is 0 Å². The molecule has 1 unspecified atom stereocenters. The maximum absolute atomic E-state index is 12.1. The van der Waals surface area contributed by atoms with Gasteiger partial charge < -0.3 is 15.7 Å². The highest BCUT2D eigenvalue weighted by atomic mass is 16.3. The molecule has 24 heavy (non-hydrogen) atoms. The predicted octanol–water partition coefficient (Wildman–Crippen LogP) is 2.75. The molecule has 1 atom stereocenters. The first-order valence-corrected chi connectivity index (χ1v) is 8.30. The number of carbonyl (C=O) groups excluding carboxylic acids is 1. The molecule has 0 aliphatic rings. The van der Waals surface area contributed by atoms with Gasteiger partial charge in [0.2, 0.25) is 0 Å². The number of aliphatic hydroxyl groups excluding tert-OH is 1. The Bertz CT molecular complexity index is 614. The highest BCUT2D eigenvalue weighted by Gasteiger charge is 2.13. The van der Waals surface area contributed by atoms with E-state index in [4.69, 9.17) is 5.11 Å². The Morgan fingerprint density at radius 1 is 1.21 bits per heavy atom. The molecule has 0 radical (unpaired) electrons. The second kappa shape index (κ2) is 9.67. The number of urea groups is 1. The molecule has 0 spiro atoms. The number of hydrogen-bond acceptors (Lipinski definition) is 3. The number of aryl methyl sites for hydroxylation is 1. The van der Waals surface area contributed by atoms with Crippen molar-refractivity contribution in [1.29, 1.82) is 0 Å². The Hall–Kier alpha value is -2.40. The lowest BCUT2D eigenvalue weighted by Gasteiger charge is -2.19. The fourth-order valence-electron chi connectivity index (χ4n) is 2.48. The van der Waals surface area contributed by atoms with Crippen molar-refractivity contribution in [3.8, 4) is 0 Å². The van der Waals surface area contributed by atoms with Gasteiger partial charge >= 0.3 is 6.03 Å². The maximum atomic E-state index is 12.1. The van der Waals surface area contributed by atoms with Gasteiger partial charge in [0, 0.05) is 25.0 Å². The van der Waals surface area contributed by atoms with Crippen molar-refractivity contribution < 1.29 is 9.90 Å². The standard InChI is InChI=1S/C19H25N3O2/c1-15-9-10-16(14-21-15)11-12-20-19(24)22-18(8-5-13-23)17-6-3-2-4-7-17/h2-4,6-7,9-10,14,18,23H,5,8,11-13H2,1H3,(H2,20,22,24). The summed E-state index contributed by atoms with van der Waals surface area (Å²) in [6, 6.07) is 13.5. The number of aromatic nitrogens is 1. The highest BCUT2D eigenvalue weighted by molar-refractivity contribution is 5.74. The van der Waals surface area contributed by atoms with Crippen LogP contribution in [0.1, 0.15) is 35.7 Å². The van der Waals surface area contributed by atoms with Gasteiger partial charge in [-0.1, -0.05) is 36.4 Å². The van der Waals surface area contributed by atoms with Gasteiger partial charge in [0.1, 0.15) is 0 Å². The van der Waals surface area contributed by atoms with Gasteiger partial charge in [0.05, 0.1) is 6.04 Å². The predicted molar refractivity (Wildman–Crippen MR) is 94.7 cm³/mol. The Balaban J connectivity index is 1.82. The number of nitrogens with zero attached hydrogens (tertiary/aromatic N) is 1. The summed E-state index contributed by atoms with van der Waals surface area (Å²) >= 11 is 0. The van der Waals surface area contributed by atoms with Gasteiger partial charge in [-0.2, -0.15) is 0 Å². The highest BCUT2D eigenvalue weighted by Crippen LogP contribution is 2.17. The third-order valence-electron chi connectivity index (χ3n) is 3.83. The second-order valence-corrected chi connectivity index (χ2v) is 5.79. The lowest BCUT2D eigenvalue weighted by Crippen LogP contribution is -2.39. The van der Waals surface area contributed by atoms with Gasteiger partial charge in [-0.15, -0.1) is 0 Å². The molecule has 0 aliphatic carbocycles. The van der Waals surface area contributed by atoms with Crippen LogP contribution in [0.15, 0.2) is 48.7 Å². The lowest BCUT2D eigenvalue weighted by molar-refractivity contribution is 0.233. The van der Waals surface area contributed by atoms with Crippen LogP contribution in [0.4, 0.5) is 4.79 Å². The number of aliphatic hydroxyl groups is 1. The molecule has 128 valence electrons. The van der Waals surface area contributed by atoms with Crippen LogP contribution in [-0.2, 0) is 6.42 Å². The number of amides is 2. The summed E-state index contributed by atoms with van der Waals surface area (Å²) in [7, 11) is 0. The Labute approximate surface area is 143 Å². The SMILES string of the molecule is Cc1ccc(CCNC(=O)NC(CCCO)c2ccccc2)cn1. The van der Waals surface area contributed by atoms with E-state index >= 15 is 0 Å². The molecule has 1 aromatic heterocycles. The summed E-state index contributed by atoms with van der Waals surface area (Å²) in [4.78, 5) is 16.4. The lowest BCUT2D eigenvalue weighted by atomic mass is 10.0. The molecule has 1 aromatic carbocycles. The normalized spacial score (nSPS) is 11.8. The van der Waals surface area contributed by atoms with Crippen molar-refractivity contribution in [3.63, 3.8) is 0 Å². The minimum Gasteiger partial charge on any atom is -0.396 e. The van der Waals surface area contributed by atoms with E-state index in [-0.39, 0.29) is 18.7 Å². The van der Waals surface area contributed by atoms with Crippen molar-refractivity contribution in [1.82, 2.24) is 15.6 Å². The molecular weight excluding hydrogens is 302 g/mol. The van der Waals surface area contributed by atoms with Crippen LogP contribution in [0, 0.1) is 6.92 Å². The molecular formula is C19H25N3O2. The monoisotopic (exact) mass is 327 g/mol. The third-order valence-corrected chi connectivity index (χ3v) is 3.83. The number of carbonyl (C=O) groups is 1. The summed E-state index contributed by atoms with van der Waals surface area (Å²) in [6.07, 6.45) is 3.93. The first-order valence-electron chi connectivity index (χ1n) is 8.30. The molecule has 3 N–H and O–H groups in total. The van der Waals surface area contributed by atoms with Crippen LogP contribution in [0.25, 0.3) is 0 Å². The summed E-state index contributed by atoms with van der Waals surface area (Å²) in [6.45, 7) is 2.62. The molecule has 0 saturated heterocycles. The molecule has 0 aliphatic heterocycles. The van der Waals surface area contributed by atoms with E-state index in [0.29, 0.717) is 19.4 Å². The molecule has 2 aromatic rings. The average molecular weight is 327 g/mol. The minimum atomic E-state index is -0.193. The first-order chi connectivity index (χ1) is 11.7. The average Bonchev–Trinajstić information content (AvgIpc) is 2.61. The summed E-state index contributed by atoms with van der Waals surface area (Å²) in [5, 5.41) is 14.9. The van der Waals surface area contributed by atoms with Gasteiger partial charge in [0.25, 0.3) is 0 Å². The van der Waals surface area contributed by atoms with Crippen LogP contribution in [-0.4, -0.2) is 29.3 Å². The molecule has 0 fully saturated rings. The molecule has 1 heterocycles. The molecule has 0 saturated carbocycles.